The van der Waals surface area contributed by atoms with Gasteiger partial charge in [0.05, 0.1) is 17.2 Å². The van der Waals surface area contributed by atoms with Crippen molar-refractivity contribution in [2.24, 2.45) is 13.0 Å². The van der Waals surface area contributed by atoms with E-state index in [0.29, 0.717) is 6.07 Å². The number of fused-ring (bicyclic) bond motifs is 1. The van der Waals surface area contributed by atoms with E-state index in [1.54, 1.807) is 0 Å². The number of anilines is 2. The van der Waals surface area contributed by atoms with Crippen LogP contribution in [0.15, 0.2) is 24.3 Å². The van der Waals surface area contributed by atoms with Gasteiger partial charge in [0.1, 0.15) is 11.1 Å². The second kappa shape index (κ2) is 13.6. The molecule has 3 aromatic rings. The summed E-state index contributed by atoms with van der Waals surface area (Å²) in [6, 6.07) is 3.01. The summed E-state index contributed by atoms with van der Waals surface area (Å²) >= 11 is 0. The first-order valence-corrected chi connectivity index (χ1v) is 13.6. The number of hydrogen-bond donors (Lipinski definition) is 3. The fraction of sp³-hybridized carbons (Fsp3) is 0.481. The van der Waals surface area contributed by atoms with Crippen LogP contribution in [-0.4, -0.2) is 58.0 Å². The van der Waals surface area contributed by atoms with Gasteiger partial charge in [0, 0.05) is 19.6 Å². The summed E-state index contributed by atoms with van der Waals surface area (Å²) in [7, 11) is 1.31. The molecule has 2 amide bonds. The normalized spacial score (nSPS) is 17.4. The fourth-order valence-electron chi connectivity index (χ4n) is 4.89. The van der Waals surface area contributed by atoms with Gasteiger partial charge < -0.3 is 20.7 Å². The van der Waals surface area contributed by atoms with Gasteiger partial charge in [-0.05, 0) is 49.4 Å². The first-order valence-electron chi connectivity index (χ1n) is 13.6. The van der Waals surface area contributed by atoms with Crippen LogP contribution in [0.4, 0.5) is 55.5 Å². The number of carbonyl (C=O) groups is 2. The Labute approximate surface area is 253 Å². The van der Waals surface area contributed by atoms with E-state index >= 15 is 0 Å². The number of rotatable bonds is 10. The maximum Gasteiger partial charge on any atom is 0.418 e. The maximum absolute atomic E-state index is 13.8. The van der Waals surface area contributed by atoms with Crippen molar-refractivity contribution in [3.8, 4) is 5.88 Å². The molecule has 2 aromatic heterocycles. The average molecular weight is 673 g/mol. The molecule has 3 N–H and O–H groups in total. The smallest absolute Gasteiger partial charge is 0.418 e. The van der Waals surface area contributed by atoms with Crippen molar-refractivity contribution < 1.29 is 58.2 Å². The Morgan fingerprint density at radius 3 is 2.26 bits per heavy atom. The molecule has 252 valence electrons. The highest BCUT2D eigenvalue weighted by Gasteiger charge is 2.41. The average Bonchev–Trinajstić information content (AvgIpc) is 3.27. The molecule has 0 spiro atoms. The van der Waals surface area contributed by atoms with Crippen molar-refractivity contribution in [1.29, 1.82) is 0 Å². The van der Waals surface area contributed by atoms with Crippen LogP contribution in [0.1, 0.15) is 47.2 Å². The predicted octanol–water partition coefficient (Wildman–Crippen LogP) is 6.11. The number of imidazole rings is 1. The number of pyridine rings is 1. The number of nitrogens with one attached hydrogen (secondary N) is 3. The fourth-order valence-corrected chi connectivity index (χ4v) is 4.89. The van der Waals surface area contributed by atoms with Crippen LogP contribution in [0, 0.1) is 5.92 Å². The molecule has 2 heterocycles. The zero-order valence-electron chi connectivity index (χ0n) is 23.7. The minimum Gasteiger partial charge on any atom is -0.471 e. The summed E-state index contributed by atoms with van der Waals surface area (Å²) in [5.74, 6) is -4.89. The topological polar surface area (TPSA) is 110 Å². The number of hydrogen-bond acceptors (Lipinski definition) is 6. The number of aromatic nitrogens is 3. The number of nitrogens with zero attached hydrogens (tertiary/aromatic N) is 3. The first-order chi connectivity index (χ1) is 21.4. The van der Waals surface area contributed by atoms with E-state index in [0.717, 1.165) is 22.8 Å². The SMILES string of the molecule is Cn1c(Nc2cc(CNC(=O)C(F)F)ccc2C(F)(F)F)nc2cc(C(=O)NC3CCC(C(F)(F)F)CC3)c(OCC(F)F)nc21. The Morgan fingerprint density at radius 2 is 1.67 bits per heavy atom. The lowest BCUT2D eigenvalue weighted by atomic mass is 9.85. The second-order valence-electron chi connectivity index (χ2n) is 10.5. The molecule has 0 radical (unpaired) electrons. The molecule has 0 aliphatic heterocycles. The summed E-state index contributed by atoms with van der Waals surface area (Å²) in [6.45, 7) is -1.70. The number of ether oxygens (including phenoxy) is 1. The van der Waals surface area contributed by atoms with Gasteiger partial charge in [-0.25, -0.2) is 13.8 Å². The van der Waals surface area contributed by atoms with E-state index in [1.807, 2.05) is 5.32 Å². The standard InChI is InChI=1S/C27H26F10N6O3/c1-43-21-18(41-25(43)40-17-8-12(10-38-23(45)20(30)31)2-7-16(17)27(35,36)37)9-15(24(42-21)46-11-19(28)29)22(44)39-14-5-3-13(4-6-14)26(32,33)34/h2,7-9,13-14,19-20H,3-6,10-11H2,1H3,(H,38,45)(H,39,44)(H,40,41). The highest BCUT2D eigenvalue weighted by molar-refractivity contribution is 5.99. The summed E-state index contributed by atoms with van der Waals surface area (Å²) < 4.78 is 138. The lowest BCUT2D eigenvalue weighted by molar-refractivity contribution is -0.182. The third-order valence-corrected chi connectivity index (χ3v) is 7.23. The first kappa shape index (κ1) is 34.6. The molecule has 19 heteroatoms. The van der Waals surface area contributed by atoms with Crippen LogP contribution in [0.5, 0.6) is 5.88 Å². The van der Waals surface area contributed by atoms with Crippen LogP contribution in [0.2, 0.25) is 0 Å². The van der Waals surface area contributed by atoms with Crippen molar-refractivity contribution >= 4 is 34.6 Å². The highest BCUT2D eigenvalue weighted by Crippen LogP contribution is 2.39. The van der Waals surface area contributed by atoms with Gasteiger partial charge in [-0.1, -0.05) is 6.07 Å². The largest absolute Gasteiger partial charge is 0.471 e. The van der Waals surface area contributed by atoms with Gasteiger partial charge in [-0.2, -0.15) is 40.1 Å². The van der Waals surface area contributed by atoms with Gasteiger partial charge in [-0.15, -0.1) is 0 Å². The number of aryl methyl sites for hydroxylation is 1. The number of carbonyl (C=O) groups excluding carboxylic acids is 2. The van der Waals surface area contributed by atoms with Gasteiger partial charge in [0.2, 0.25) is 11.8 Å². The molecule has 0 unspecified atom stereocenters. The van der Waals surface area contributed by atoms with E-state index in [4.69, 9.17) is 4.74 Å². The second-order valence-corrected chi connectivity index (χ2v) is 10.5. The number of alkyl halides is 10. The zero-order chi connectivity index (χ0) is 34.0. The van der Waals surface area contributed by atoms with E-state index in [2.05, 4.69) is 20.6 Å². The molecule has 9 nitrogen and oxygen atoms in total. The van der Waals surface area contributed by atoms with E-state index < -0.39 is 79.3 Å². The van der Waals surface area contributed by atoms with Crippen LogP contribution in [-0.2, 0) is 24.6 Å². The number of amides is 2. The Bertz CT molecular complexity index is 1570. The number of benzene rings is 1. The van der Waals surface area contributed by atoms with Crippen molar-refractivity contribution in [2.75, 3.05) is 11.9 Å². The highest BCUT2D eigenvalue weighted by atomic mass is 19.4. The summed E-state index contributed by atoms with van der Waals surface area (Å²) in [4.78, 5) is 32.6. The molecular formula is C27H26F10N6O3. The van der Waals surface area contributed by atoms with E-state index in [-0.39, 0.29) is 53.9 Å². The molecule has 1 fully saturated rings. The van der Waals surface area contributed by atoms with Crippen LogP contribution >= 0.6 is 0 Å². The minimum absolute atomic E-state index is 0.00287. The molecule has 0 saturated heterocycles. The molecule has 0 atom stereocenters. The van der Waals surface area contributed by atoms with Gasteiger partial charge in [0.15, 0.2) is 12.3 Å². The maximum atomic E-state index is 13.8. The molecule has 1 aliphatic carbocycles. The molecule has 46 heavy (non-hydrogen) atoms. The van der Waals surface area contributed by atoms with Crippen molar-refractivity contribution in [1.82, 2.24) is 25.2 Å². The lowest BCUT2D eigenvalue weighted by Crippen LogP contribution is -2.40. The van der Waals surface area contributed by atoms with Crippen molar-refractivity contribution in [3.05, 3.63) is 41.0 Å². The predicted molar refractivity (Wildman–Crippen MR) is 142 cm³/mol. The number of halogens is 10. The van der Waals surface area contributed by atoms with Crippen LogP contribution in [0.25, 0.3) is 11.2 Å². The van der Waals surface area contributed by atoms with Crippen molar-refractivity contribution in [3.63, 3.8) is 0 Å². The Hall–Kier alpha value is -4.32. The van der Waals surface area contributed by atoms with Gasteiger partial charge >= 0.3 is 18.8 Å². The van der Waals surface area contributed by atoms with Crippen molar-refractivity contribution in [2.45, 2.75) is 63.5 Å². The lowest BCUT2D eigenvalue weighted by Gasteiger charge is -2.30. The Kier molecular flexibility index (Phi) is 10.2. The molecule has 0 bridgehead atoms. The van der Waals surface area contributed by atoms with Crippen LogP contribution in [0.3, 0.4) is 0 Å². The molecule has 1 aromatic carbocycles. The van der Waals surface area contributed by atoms with Crippen LogP contribution < -0.4 is 20.7 Å². The minimum atomic E-state index is -4.89. The molecule has 4 rings (SSSR count). The monoisotopic (exact) mass is 672 g/mol. The summed E-state index contributed by atoms with van der Waals surface area (Å²) in [6.07, 6.45) is -16.0. The summed E-state index contributed by atoms with van der Waals surface area (Å²) in [5.41, 5.74) is -2.33. The van der Waals surface area contributed by atoms with Gasteiger partial charge in [0.25, 0.3) is 18.2 Å². The quantitative estimate of drug-likeness (QED) is 0.225. The Morgan fingerprint density at radius 1 is 1.00 bits per heavy atom. The van der Waals surface area contributed by atoms with E-state index in [1.165, 1.54) is 7.05 Å². The van der Waals surface area contributed by atoms with E-state index in [9.17, 15) is 53.5 Å². The van der Waals surface area contributed by atoms with Gasteiger partial charge in [-0.3, -0.25) is 14.2 Å². The molecule has 1 aliphatic rings. The zero-order valence-corrected chi connectivity index (χ0v) is 23.7. The Balaban J connectivity index is 1.65. The summed E-state index contributed by atoms with van der Waals surface area (Å²) in [5, 5.41) is 6.90. The third-order valence-electron chi connectivity index (χ3n) is 7.23. The third kappa shape index (κ3) is 8.28. The molecular weight excluding hydrogens is 646 g/mol. The molecule has 1 saturated carbocycles.